The second-order valence-corrected chi connectivity index (χ2v) is 10.9. The highest BCUT2D eigenvalue weighted by Crippen LogP contribution is 2.33. The first-order valence-electron chi connectivity index (χ1n) is 11.1. The lowest BCUT2D eigenvalue weighted by atomic mass is 10.2. The zero-order valence-electron chi connectivity index (χ0n) is 19.5. The van der Waals surface area contributed by atoms with Crippen molar-refractivity contribution in [2.45, 2.75) is 46.3 Å². The molecule has 0 atom stereocenters. The van der Waals surface area contributed by atoms with E-state index in [9.17, 15) is 9.59 Å². The molecule has 13 heteroatoms. The van der Waals surface area contributed by atoms with Crippen LogP contribution in [0, 0.1) is 6.92 Å². The zero-order chi connectivity index (χ0) is 25.1. The molecule has 1 aliphatic heterocycles. The molecule has 5 rings (SSSR count). The summed E-state index contributed by atoms with van der Waals surface area (Å²) in [6.45, 7) is 3.20. The summed E-state index contributed by atoms with van der Waals surface area (Å²) in [7, 11) is 1.85. The molecule has 1 aromatic carbocycles. The molecule has 4 aromatic rings. The van der Waals surface area contributed by atoms with Crippen LogP contribution in [0.5, 0.6) is 0 Å². The first-order valence-corrected chi connectivity index (χ1v) is 13.5. The van der Waals surface area contributed by atoms with Crippen LogP contribution >= 0.6 is 35.1 Å². The molecule has 1 fully saturated rings. The van der Waals surface area contributed by atoms with Crippen LogP contribution in [0.3, 0.4) is 0 Å². The van der Waals surface area contributed by atoms with E-state index in [1.54, 1.807) is 17.8 Å². The molecule has 0 saturated carbocycles. The number of hydrogen-bond acceptors (Lipinski definition) is 10. The molecule has 0 spiro atoms. The average molecular weight is 539 g/mol. The SMILES string of the molecule is Cc1nsc(NC(=O)c2nc(Sc3nncn3C)ccc2Sc2ccc(CN3CCCC3=O)cc2)n1. The maximum atomic E-state index is 13.2. The number of nitrogens with zero attached hydrogens (tertiary/aromatic N) is 7. The Labute approximate surface area is 220 Å². The van der Waals surface area contributed by atoms with Gasteiger partial charge in [0, 0.05) is 47.9 Å². The van der Waals surface area contributed by atoms with Gasteiger partial charge in [0.2, 0.25) is 11.0 Å². The Kier molecular flexibility index (Phi) is 7.30. The number of aryl methyl sites for hydroxylation is 2. The maximum absolute atomic E-state index is 13.2. The number of carbonyl (C=O) groups is 2. The van der Waals surface area contributed by atoms with Crippen LogP contribution in [0.1, 0.15) is 34.7 Å². The molecule has 0 radical (unpaired) electrons. The topological polar surface area (TPSA) is 119 Å². The number of aromatic nitrogens is 6. The van der Waals surface area contributed by atoms with Crippen molar-refractivity contribution in [2.75, 3.05) is 11.9 Å². The Hall–Kier alpha value is -3.29. The fourth-order valence-electron chi connectivity index (χ4n) is 3.57. The van der Waals surface area contributed by atoms with Gasteiger partial charge in [-0.15, -0.1) is 10.2 Å². The van der Waals surface area contributed by atoms with Gasteiger partial charge in [-0.3, -0.25) is 14.9 Å². The fraction of sp³-hybridized carbons (Fsp3) is 0.261. The number of likely N-dealkylation sites (tertiary alicyclic amines) is 1. The predicted molar refractivity (Wildman–Crippen MR) is 137 cm³/mol. The van der Waals surface area contributed by atoms with Crippen LogP contribution < -0.4 is 5.32 Å². The average Bonchev–Trinajstić information content (AvgIpc) is 3.58. The van der Waals surface area contributed by atoms with Crippen LogP contribution in [0.4, 0.5) is 5.13 Å². The van der Waals surface area contributed by atoms with Gasteiger partial charge in [0.1, 0.15) is 22.9 Å². The molecule has 2 amide bonds. The van der Waals surface area contributed by atoms with Crippen LogP contribution in [0.15, 0.2) is 62.7 Å². The first-order chi connectivity index (χ1) is 17.4. The van der Waals surface area contributed by atoms with E-state index >= 15 is 0 Å². The van der Waals surface area contributed by atoms with Crippen LogP contribution in [-0.2, 0) is 18.4 Å². The van der Waals surface area contributed by atoms with E-state index in [-0.39, 0.29) is 17.5 Å². The molecule has 1 aliphatic rings. The van der Waals surface area contributed by atoms with E-state index in [0.29, 0.717) is 39.0 Å². The van der Waals surface area contributed by atoms with Gasteiger partial charge < -0.3 is 9.47 Å². The van der Waals surface area contributed by atoms with Crippen LogP contribution in [0.2, 0.25) is 0 Å². The van der Waals surface area contributed by atoms with Crippen molar-refractivity contribution in [1.29, 1.82) is 0 Å². The molecular weight excluding hydrogens is 517 g/mol. The molecule has 4 heterocycles. The number of hydrogen-bond donors (Lipinski definition) is 1. The summed E-state index contributed by atoms with van der Waals surface area (Å²) >= 11 is 3.90. The lowest BCUT2D eigenvalue weighted by Gasteiger charge is -2.15. The summed E-state index contributed by atoms with van der Waals surface area (Å²) in [5.74, 6) is 0.443. The quantitative estimate of drug-likeness (QED) is 0.354. The third-order valence-corrected chi connectivity index (χ3v) is 8.13. The van der Waals surface area contributed by atoms with Gasteiger partial charge >= 0.3 is 0 Å². The van der Waals surface area contributed by atoms with E-state index < -0.39 is 0 Å². The summed E-state index contributed by atoms with van der Waals surface area (Å²) in [6.07, 6.45) is 3.17. The van der Waals surface area contributed by atoms with Gasteiger partial charge in [0.05, 0.1) is 0 Å². The smallest absolute Gasteiger partial charge is 0.277 e. The zero-order valence-corrected chi connectivity index (χ0v) is 22.0. The molecule has 10 nitrogen and oxygen atoms in total. The number of amides is 2. The molecule has 1 N–H and O–H groups in total. The van der Waals surface area contributed by atoms with Gasteiger partial charge in [-0.2, -0.15) is 4.37 Å². The van der Waals surface area contributed by atoms with Crippen molar-refractivity contribution in [3.63, 3.8) is 0 Å². The largest absolute Gasteiger partial charge is 0.338 e. The number of carbonyl (C=O) groups excluding carboxylic acids is 2. The minimum atomic E-state index is -0.363. The molecule has 184 valence electrons. The molecule has 0 bridgehead atoms. The number of anilines is 1. The molecule has 0 aliphatic carbocycles. The van der Waals surface area contributed by atoms with E-state index in [4.69, 9.17) is 0 Å². The highest BCUT2D eigenvalue weighted by Gasteiger charge is 2.21. The molecule has 1 saturated heterocycles. The summed E-state index contributed by atoms with van der Waals surface area (Å²) in [5.41, 5.74) is 1.36. The predicted octanol–water partition coefficient (Wildman–Crippen LogP) is 4.05. The maximum Gasteiger partial charge on any atom is 0.277 e. The number of benzene rings is 1. The van der Waals surface area contributed by atoms with E-state index in [1.807, 2.05) is 48.3 Å². The first kappa shape index (κ1) is 24.4. The monoisotopic (exact) mass is 538 g/mol. The summed E-state index contributed by atoms with van der Waals surface area (Å²) in [5, 5.41) is 12.5. The van der Waals surface area contributed by atoms with Gasteiger partial charge in [0.15, 0.2) is 5.16 Å². The van der Waals surface area contributed by atoms with E-state index in [2.05, 4.69) is 29.9 Å². The minimum Gasteiger partial charge on any atom is -0.338 e. The fourth-order valence-corrected chi connectivity index (χ4v) is 5.78. The van der Waals surface area contributed by atoms with Crippen molar-refractivity contribution in [3.8, 4) is 0 Å². The van der Waals surface area contributed by atoms with E-state index in [1.165, 1.54) is 23.5 Å². The van der Waals surface area contributed by atoms with E-state index in [0.717, 1.165) is 35.0 Å². The molecule has 3 aromatic heterocycles. The highest BCUT2D eigenvalue weighted by atomic mass is 32.2. The number of nitrogens with one attached hydrogen (secondary N) is 1. The van der Waals surface area contributed by atoms with Crippen LogP contribution in [0.25, 0.3) is 0 Å². The van der Waals surface area contributed by atoms with Crippen molar-refractivity contribution >= 4 is 52.0 Å². The van der Waals surface area contributed by atoms with Gasteiger partial charge in [-0.1, -0.05) is 23.9 Å². The van der Waals surface area contributed by atoms with Gasteiger partial charge in [0.25, 0.3) is 5.91 Å². The molecular formula is C23H22N8O2S3. The Morgan fingerprint density at radius 2 is 1.97 bits per heavy atom. The van der Waals surface area contributed by atoms with Crippen molar-refractivity contribution < 1.29 is 9.59 Å². The Morgan fingerprint density at radius 3 is 2.64 bits per heavy atom. The Balaban J connectivity index is 1.37. The Morgan fingerprint density at radius 1 is 1.14 bits per heavy atom. The normalized spacial score (nSPS) is 13.4. The second-order valence-electron chi connectivity index (χ2n) is 8.09. The third kappa shape index (κ3) is 5.74. The standard InChI is InChI=1S/C23H22N8O2S3/c1-14-25-22(36-29-14)27-21(33)20-17(9-10-18(26-20)35-23-28-24-13-30(23)2)34-16-7-5-15(6-8-16)12-31-11-3-4-19(31)32/h5-10,13H,3-4,11-12H2,1-2H3,(H,25,27,29,33). The molecule has 36 heavy (non-hydrogen) atoms. The van der Waals surface area contributed by atoms with Crippen molar-refractivity contribution in [2.24, 2.45) is 7.05 Å². The number of rotatable bonds is 8. The summed E-state index contributed by atoms with van der Waals surface area (Å²) in [6, 6.07) is 11.8. The third-order valence-electron chi connectivity index (χ3n) is 5.36. The second kappa shape index (κ2) is 10.8. The highest BCUT2D eigenvalue weighted by molar-refractivity contribution is 7.99. The lowest BCUT2D eigenvalue weighted by molar-refractivity contribution is -0.128. The van der Waals surface area contributed by atoms with Crippen LogP contribution in [-0.4, -0.2) is 52.4 Å². The summed E-state index contributed by atoms with van der Waals surface area (Å²) in [4.78, 5) is 37.6. The lowest BCUT2D eigenvalue weighted by Crippen LogP contribution is -2.23. The number of pyridine rings is 1. The van der Waals surface area contributed by atoms with Crippen molar-refractivity contribution in [3.05, 3.63) is 59.8 Å². The summed E-state index contributed by atoms with van der Waals surface area (Å²) < 4.78 is 5.91. The minimum absolute atomic E-state index is 0.208. The molecule has 0 unspecified atom stereocenters. The van der Waals surface area contributed by atoms with Crippen molar-refractivity contribution in [1.82, 2.24) is 34.0 Å². The van der Waals surface area contributed by atoms with Gasteiger partial charge in [-0.25, -0.2) is 9.97 Å². The Bertz CT molecular complexity index is 1400. The van der Waals surface area contributed by atoms with Gasteiger partial charge in [-0.05, 0) is 54.9 Å².